The molecule has 5 nitrogen and oxygen atoms in total. The van der Waals surface area contributed by atoms with Crippen molar-refractivity contribution in [2.75, 3.05) is 31.3 Å². The zero-order chi connectivity index (χ0) is 11.8. The summed E-state index contributed by atoms with van der Waals surface area (Å²) in [6.07, 6.45) is 4.14. The highest BCUT2D eigenvalue weighted by Crippen LogP contribution is 2.34. The van der Waals surface area contributed by atoms with E-state index in [0.29, 0.717) is 11.6 Å². The van der Waals surface area contributed by atoms with Crippen molar-refractivity contribution < 1.29 is 9.84 Å². The number of rotatable bonds is 8. The Morgan fingerprint density at radius 3 is 2.81 bits per heavy atom. The molecular formula is C10H19N3O2S. The van der Waals surface area contributed by atoms with E-state index in [1.54, 1.807) is 7.11 Å². The van der Waals surface area contributed by atoms with Gasteiger partial charge in [0.2, 0.25) is 0 Å². The van der Waals surface area contributed by atoms with Gasteiger partial charge in [-0.15, -0.1) is 0 Å². The number of methoxy groups -OCH3 is 1. The van der Waals surface area contributed by atoms with Crippen LogP contribution in [-0.4, -0.2) is 29.7 Å². The van der Waals surface area contributed by atoms with Crippen LogP contribution in [-0.2, 0) is 0 Å². The minimum absolute atomic E-state index is 0.284. The summed E-state index contributed by atoms with van der Waals surface area (Å²) in [4.78, 5) is 0. The van der Waals surface area contributed by atoms with Crippen LogP contribution in [0.4, 0.5) is 10.8 Å². The molecule has 0 aliphatic rings. The van der Waals surface area contributed by atoms with Crippen LogP contribution in [0.2, 0.25) is 0 Å². The Bertz CT molecular complexity index is 304. The molecule has 4 N–H and O–H groups in total. The van der Waals surface area contributed by atoms with Gasteiger partial charge in [0.25, 0.3) is 0 Å². The molecule has 0 aliphatic carbocycles. The van der Waals surface area contributed by atoms with E-state index < -0.39 is 0 Å². The molecule has 0 aromatic carbocycles. The highest BCUT2D eigenvalue weighted by Gasteiger charge is 2.10. The third kappa shape index (κ3) is 3.86. The number of hydrogen-bond acceptors (Lipinski definition) is 6. The first-order valence-electron chi connectivity index (χ1n) is 5.43. The van der Waals surface area contributed by atoms with E-state index in [9.17, 15) is 0 Å². The van der Waals surface area contributed by atoms with Crippen LogP contribution in [0.5, 0.6) is 5.75 Å². The molecule has 0 spiro atoms. The van der Waals surface area contributed by atoms with Gasteiger partial charge in [0.15, 0.2) is 16.6 Å². The van der Waals surface area contributed by atoms with E-state index in [2.05, 4.69) is 9.69 Å². The number of nitrogens with two attached hydrogens (primary N) is 1. The topological polar surface area (TPSA) is 80.4 Å². The molecule has 0 atom stereocenters. The second-order valence-electron chi connectivity index (χ2n) is 3.49. The Labute approximate surface area is 99.8 Å². The van der Waals surface area contributed by atoms with Crippen molar-refractivity contribution in [2.24, 2.45) is 0 Å². The Balaban J connectivity index is 2.21. The van der Waals surface area contributed by atoms with Crippen molar-refractivity contribution in [3.05, 3.63) is 0 Å². The number of ether oxygens (including phenoxy) is 1. The molecule has 1 rings (SSSR count). The smallest absolute Gasteiger partial charge is 0.197 e. The Hall–Kier alpha value is -1.01. The number of unbranched alkanes of at least 4 members (excludes halogenated alkanes) is 3. The number of aliphatic hydroxyl groups is 1. The number of nitrogens with one attached hydrogen (secondary N) is 1. The normalized spacial score (nSPS) is 10.4. The van der Waals surface area contributed by atoms with Crippen LogP contribution in [0.15, 0.2) is 0 Å². The first-order chi connectivity index (χ1) is 7.79. The third-order valence-corrected chi connectivity index (χ3v) is 3.05. The van der Waals surface area contributed by atoms with Crippen molar-refractivity contribution in [3.8, 4) is 5.75 Å². The van der Waals surface area contributed by atoms with Crippen molar-refractivity contribution in [1.29, 1.82) is 0 Å². The second kappa shape index (κ2) is 7.29. The molecule has 0 fully saturated rings. The number of aromatic nitrogens is 1. The largest absolute Gasteiger partial charge is 0.490 e. The van der Waals surface area contributed by atoms with E-state index in [0.717, 1.165) is 37.2 Å². The van der Waals surface area contributed by atoms with E-state index in [-0.39, 0.29) is 6.61 Å². The van der Waals surface area contributed by atoms with Gasteiger partial charge in [-0.25, -0.2) is 0 Å². The molecule has 0 bridgehead atoms. The van der Waals surface area contributed by atoms with Crippen molar-refractivity contribution in [3.63, 3.8) is 0 Å². The first-order valence-corrected chi connectivity index (χ1v) is 6.20. The molecule has 1 aromatic rings. The SMILES string of the molecule is COc1c(N)nsc1NCCCCCCO. The standard InChI is InChI=1S/C10H19N3O2S/c1-15-8-9(11)13-16-10(8)12-6-4-2-3-5-7-14/h12,14H,2-7H2,1H3,(H2,11,13). The Morgan fingerprint density at radius 2 is 2.12 bits per heavy atom. The van der Waals surface area contributed by atoms with Gasteiger partial charge in [0.1, 0.15) is 0 Å². The minimum Gasteiger partial charge on any atom is -0.490 e. The lowest BCUT2D eigenvalue weighted by atomic mass is 10.2. The van der Waals surface area contributed by atoms with Crippen LogP contribution in [0, 0.1) is 0 Å². The summed E-state index contributed by atoms with van der Waals surface area (Å²) in [5, 5.41) is 12.8. The quantitative estimate of drug-likeness (QED) is 0.607. The molecule has 1 aromatic heterocycles. The fourth-order valence-electron chi connectivity index (χ4n) is 1.40. The van der Waals surface area contributed by atoms with Crippen LogP contribution < -0.4 is 15.8 Å². The van der Waals surface area contributed by atoms with E-state index in [1.165, 1.54) is 11.5 Å². The van der Waals surface area contributed by atoms with E-state index in [4.69, 9.17) is 15.6 Å². The van der Waals surface area contributed by atoms with Crippen molar-refractivity contribution in [1.82, 2.24) is 4.37 Å². The summed E-state index contributed by atoms with van der Waals surface area (Å²) in [5.74, 6) is 1.08. The van der Waals surface area contributed by atoms with E-state index >= 15 is 0 Å². The fraction of sp³-hybridized carbons (Fsp3) is 0.700. The van der Waals surface area contributed by atoms with E-state index in [1.807, 2.05) is 0 Å². The lowest BCUT2D eigenvalue weighted by molar-refractivity contribution is 0.283. The maximum Gasteiger partial charge on any atom is 0.197 e. The molecule has 0 aliphatic heterocycles. The van der Waals surface area contributed by atoms with Gasteiger partial charge in [0, 0.05) is 13.2 Å². The van der Waals surface area contributed by atoms with Gasteiger partial charge in [0.05, 0.1) is 7.11 Å². The molecule has 0 amide bonds. The van der Waals surface area contributed by atoms with Gasteiger partial charge in [-0.2, -0.15) is 4.37 Å². The summed E-state index contributed by atoms with van der Waals surface area (Å²) in [6.45, 7) is 1.16. The van der Waals surface area contributed by atoms with Gasteiger partial charge in [-0.3, -0.25) is 0 Å². The van der Waals surface area contributed by atoms with Crippen LogP contribution in [0.25, 0.3) is 0 Å². The molecule has 1 heterocycles. The van der Waals surface area contributed by atoms with Gasteiger partial charge < -0.3 is 20.9 Å². The fourth-order valence-corrected chi connectivity index (χ4v) is 2.11. The zero-order valence-corrected chi connectivity index (χ0v) is 10.3. The number of aliphatic hydroxyl groups excluding tert-OH is 1. The monoisotopic (exact) mass is 245 g/mol. The molecule has 16 heavy (non-hydrogen) atoms. The Morgan fingerprint density at radius 1 is 1.38 bits per heavy atom. The Kier molecular flexibility index (Phi) is 5.95. The average molecular weight is 245 g/mol. The predicted molar refractivity (Wildman–Crippen MR) is 67.1 cm³/mol. The summed E-state index contributed by atoms with van der Waals surface area (Å²) in [7, 11) is 1.59. The second-order valence-corrected chi connectivity index (χ2v) is 4.27. The average Bonchev–Trinajstić information content (AvgIpc) is 2.64. The lowest BCUT2D eigenvalue weighted by Crippen LogP contribution is -2.01. The summed E-state index contributed by atoms with van der Waals surface area (Å²) >= 11 is 1.32. The molecule has 0 radical (unpaired) electrons. The van der Waals surface area contributed by atoms with Crippen molar-refractivity contribution in [2.45, 2.75) is 25.7 Å². The molecule has 0 unspecified atom stereocenters. The highest BCUT2D eigenvalue weighted by atomic mass is 32.1. The number of hydrogen-bond donors (Lipinski definition) is 3. The van der Waals surface area contributed by atoms with Crippen LogP contribution >= 0.6 is 11.5 Å². The third-order valence-electron chi connectivity index (χ3n) is 2.25. The molecule has 0 saturated heterocycles. The minimum atomic E-state index is 0.284. The van der Waals surface area contributed by atoms with Gasteiger partial charge >= 0.3 is 0 Å². The summed E-state index contributed by atoms with van der Waals surface area (Å²) in [5.41, 5.74) is 5.63. The molecule has 6 heteroatoms. The summed E-state index contributed by atoms with van der Waals surface area (Å²) in [6, 6.07) is 0. The molecular weight excluding hydrogens is 226 g/mol. The van der Waals surface area contributed by atoms with Gasteiger partial charge in [-0.1, -0.05) is 12.8 Å². The number of anilines is 2. The number of nitrogen functional groups attached to an aromatic ring is 1. The predicted octanol–water partition coefficient (Wildman–Crippen LogP) is 1.70. The van der Waals surface area contributed by atoms with Crippen molar-refractivity contribution >= 4 is 22.4 Å². The first kappa shape index (κ1) is 13.1. The maximum atomic E-state index is 8.62. The molecule has 92 valence electrons. The van der Waals surface area contributed by atoms with Crippen LogP contribution in [0.3, 0.4) is 0 Å². The zero-order valence-electron chi connectivity index (χ0n) is 9.53. The summed E-state index contributed by atoms with van der Waals surface area (Å²) < 4.78 is 9.15. The molecule has 0 saturated carbocycles. The van der Waals surface area contributed by atoms with Gasteiger partial charge in [-0.05, 0) is 24.4 Å². The highest BCUT2D eigenvalue weighted by molar-refractivity contribution is 7.11. The maximum absolute atomic E-state index is 8.62. The van der Waals surface area contributed by atoms with Crippen LogP contribution in [0.1, 0.15) is 25.7 Å². The lowest BCUT2D eigenvalue weighted by Gasteiger charge is -2.05. The number of nitrogens with zero attached hydrogens (tertiary/aromatic N) is 1.